The number of aromatic nitrogens is 1. The van der Waals surface area contributed by atoms with Crippen molar-refractivity contribution < 1.29 is 19.4 Å². The van der Waals surface area contributed by atoms with E-state index in [1.807, 2.05) is 0 Å². The fourth-order valence-corrected chi connectivity index (χ4v) is 3.42. The summed E-state index contributed by atoms with van der Waals surface area (Å²) in [7, 11) is 0. The Morgan fingerprint density at radius 3 is 2.63 bits per heavy atom. The maximum atomic E-state index is 12.7. The Morgan fingerprint density at radius 1 is 1.17 bits per heavy atom. The van der Waals surface area contributed by atoms with Crippen LogP contribution in [0.25, 0.3) is 10.9 Å². The Morgan fingerprint density at radius 2 is 1.90 bits per heavy atom. The van der Waals surface area contributed by atoms with Crippen LogP contribution >= 0.6 is 11.6 Å². The van der Waals surface area contributed by atoms with E-state index in [-0.39, 0.29) is 25.3 Å². The SMILES string of the molecule is O=C(Nc1ccccc1Cl)N(CCO)Cc1cc2cc3c(cc2[nH]c1=O)OCCO3. The number of nitrogens with zero attached hydrogens (tertiary/aromatic N) is 1. The van der Waals surface area contributed by atoms with Crippen LogP contribution in [-0.2, 0) is 6.54 Å². The molecule has 1 aromatic heterocycles. The molecule has 3 N–H and O–H groups in total. The number of carbonyl (C=O) groups is 1. The number of anilines is 1. The zero-order chi connectivity index (χ0) is 21.1. The zero-order valence-electron chi connectivity index (χ0n) is 16.0. The number of pyridine rings is 1. The van der Waals surface area contributed by atoms with E-state index >= 15 is 0 Å². The predicted molar refractivity (Wildman–Crippen MR) is 114 cm³/mol. The van der Waals surface area contributed by atoms with Gasteiger partial charge in [0.1, 0.15) is 13.2 Å². The van der Waals surface area contributed by atoms with E-state index in [0.717, 1.165) is 5.39 Å². The fourth-order valence-electron chi connectivity index (χ4n) is 3.24. The summed E-state index contributed by atoms with van der Waals surface area (Å²) < 4.78 is 11.1. The van der Waals surface area contributed by atoms with Gasteiger partial charge < -0.3 is 29.8 Å². The molecule has 1 aliphatic heterocycles. The van der Waals surface area contributed by atoms with Gasteiger partial charge in [-0.1, -0.05) is 23.7 Å². The number of amides is 2. The Labute approximate surface area is 177 Å². The van der Waals surface area contributed by atoms with Crippen molar-refractivity contribution in [2.45, 2.75) is 6.54 Å². The quantitative estimate of drug-likeness (QED) is 0.578. The summed E-state index contributed by atoms with van der Waals surface area (Å²) in [5.41, 5.74) is 1.11. The normalized spacial score (nSPS) is 12.6. The van der Waals surface area contributed by atoms with Gasteiger partial charge in [-0.2, -0.15) is 0 Å². The molecule has 0 aliphatic carbocycles. The first-order chi connectivity index (χ1) is 14.5. The summed E-state index contributed by atoms with van der Waals surface area (Å²) in [6, 6.07) is 11.6. The molecule has 1 aliphatic rings. The second-order valence-electron chi connectivity index (χ2n) is 6.76. The molecule has 2 amide bonds. The van der Waals surface area contributed by atoms with Crippen LogP contribution in [-0.4, -0.2) is 47.4 Å². The van der Waals surface area contributed by atoms with E-state index in [9.17, 15) is 14.7 Å². The molecule has 8 nitrogen and oxygen atoms in total. The molecule has 3 aromatic rings. The number of aliphatic hydroxyl groups excluding tert-OH is 1. The molecule has 0 spiro atoms. The highest BCUT2D eigenvalue weighted by Crippen LogP contribution is 2.33. The van der Waals surface area contributed by atoms with Crippen LogP contribution in [0.5, 0.6) is 11.5 Å². The van der Waals surface area contributed by atoms with E-state index in [1.165, 1.54) is 4.90 Å². The Hall–Kier alpha value is -3.23. The largest absolute Gasteiger partial charge is 0.486 e. The first kappa shape index (κ1) is 20.1. The standard InChI is InChI=1S/C21H20ClN3O5/c22-15-3-1-2-4-16(15)24-21(28)25(5-6-26)12-14-9-13-10-18-19(30-8-7-29-18)11-17(13)23-20(14)27/h1-4,9-11,26H,5-8,12H2,(H,23,27)(H,24,28). The van der Waals surface area contributed by atoms with Crippen molar-refractivity contribution in [1.29, 1.82) is 0 Å². The van der Waals surface area contributed by atoms with Gasteiger partial charge in [-0.05, 0) is 24.3 Å². The van der Waals surface area contributed by atoms with Gasteiger partial charge in [-0.25, -0.2) is 4.79 Å². The molecule has 0 radical (unpaired) electrons. The first-order valence-corrected chi connectivity index (χ1v) is 9.80. The molecule has 9 heteroatoms. The van der Waals surface area contributed by atoms with Gasteiger partial charge >= 0.3 is 6.03 Å². The lowest BCUT2D eigenvalue weighted by atomic mass is 10.1. The fraction of sp³-hybridized carbons (Fsp3) is 0.238. The van der Waals surface area contributed by atoms with Gasteiger partial charge in [0.2, 0.25) is 0 Å². The summed E-state index contributed by atoms with van der Waals surface area (Å²) in [6.45, 7) is 0.726. The zero-order valence-corrected chi connectivity index (χ0v) is 16.7. The molecule has 0 fully saturated rings. The highest BCUT2D eigenvalue weighted by Gasteiger charge is 2.18. The molecule has 0 bridgehead atoms. The van der Waals surface area contributed by atoms with Crippen molar-refractivity contribution in [3.63, 3.8) is 0 Å². The number of ether oxygens (including phenoxy) is 2. The van der Waals surface area contributed by atoms with Crippen LogP contribution in [0, 0.1) is 0 Å². The Bertz CT molecular complexity index is 1150. The second kappa shape index (κ2) is 8.64. The van der Waals surface area contributed by atoms with Crippen molar-refractivity contribution in [3.05, 3.63) is 63.4 Å². The molecular weight excluding hydrogens is 410 g/mol. The highest BCUT2D eigenvalue weighted by molar-refractivity contribution is 6.33. The van der Waals surface area contributed by atoms with Crippen LogP contribution in [0.3, 0.4) is 0 Å². The molecule has 30 heavy (non-hydrogen) atoms. The van der Waals surface area contributed by atoms with Gasteiger partial charge in [0.05, 0.1) is 29.4 Å². The second-order valence-corrected chi connectivity index (χ2v) is 7.17. The minimum Gasteiger partial charge on any atom is -0.486 e. The molecule has 0 saturated heterocycles. The number of halogens is 1. The number of hydrogen-bond acceptors (Lipinski definition) is 5. The summed E-state index contributed by atoms with van der Waals surface area (Å²) in [5, 5.41) is 13.2. The van der Waals surface area contributed by atoms with Gasteiger partial charge in [-0.15, -0.1) is 0 Å². The lowest BCUT2D eigenvalue weighted by Crippen LogP contribution is -2.38. The minimum atomic E-state index is -0.473. The average molecular weight is 430 g/mol. The van der Waals surface area contributed by atoms with Crippen molar-refractivity contribution in [1.82, 2.24) is 9.88 Å². The van der Waals surface area contributed by atoms with Crippen molar-refractivity contribution in [2.75, 3.05) is 31.7 Å². The Balaban J connectivity index is 1.61. The van der Waals surface area contributed by atoms with Gasteiger partial charge in [0.15, 0.2) is 11.5 Å². The molecule has 156 valence electrons. The molecule has 2 aromatic carbocycles. The van der Waals surface area contributed by atoms with E-state index < -0.39 is 6.03 Å². The molecule has 0 saturated carbocycles. The highest BCUT2D eigenvalue weighted by atomic mass is 35.5. The third kappa shape index (κ3) is 4.19. The van der Waals surface area contributed by atoms with Gasteiger partial charge in [-0.3, -0.25) is 4.79 Å². The summed E-state index contributed by atoms with van der Waals surface area (Å²) >= 11 is 6.10. The molecule has 0 unspecified atom stereocenters. The molecular formula is C21H20ClN3O5. The Kier molecular flexibility index (Phi) is 5.78. The van der Waals surface area contributed by atoms with Crippen LogP contribution in [0.2, 0.25) is 5.02 Å². The van der Waals surface area contributed by atoms with Crippen molar-refractivity contribution >= 4 is 34.2 Å². The van der Waals surface area contributed by atoms with E-state index in [0.29, 0.717) is 46.5 Å². The number of hydrogen-bond donors (Lipinski definition) is 3. The number of H-pyrrole nitrogens is 1. The average Bonchev–Trinajstić information content (AvgIpc) is 2.74. The minimum absolute atomic E-state index is 0.0105. The van der Waals surface area contributed by atoms with Crippen LogP contribution < -0.4 is 20.3 Å². The third-order valence-corrected chi connectivity index (χ3v) is 5.05. The smallest absolute Gasteiger partial charge is 0.322 e. The van der Waals surface area contributed by atoms with Crippen LogP contribution in [0.15, 0.2) is 47.3 Å². The first-order valence-electron chi connectivity index (χ1n) is 9.42. The van der Waals surface area contributed by atoms with Crippen LogP contribution in [0.1, 0.15) is 5.56 Å². The number of rotatable bonds is 5. The molecule has 4 rings (SSSR count). The van der Waals surface area contributed by atoms with Crippen molar-refractivity contribution in [2.24, 2.45) is 0 Å². The predicted octanol–water partition coefficient (Wildman–Crippen LogP) is 2.98. The summed E-state index contributed by atoms with van der Waals surface area (Å²) in [4.78, 5) is 29.5. The maximum Gasteiger partial charge on any atom is 0.322 e. The lowest BCUT2D eigenvalue weighted by molar-refractivity contribution is 0.172. The number of fused-ring (bicyclic) bond motifs is 2. The number of aromatic amines is 1. The van der Waals surface area contributed by atoms with Crippen LogP contribution in [0.4, 0.5) is 10.5 Å². The van der Waals surface area contributed by atoms with E-state index in [2.05, 4.69) is 10.3 Å². The molecule has 0 atom stereocenters. The van der Waals surface area contributed by atoms with Gasteiger partial charge in [0.25, 0.3) is 5.56 Å². The number of nitrogens with one attached hydrogen (secondary N) is 2. The number of benzene rings is 2. The number of aliphatic hydroxyl groups is 1. The van der Waals surface area contributed by atoms with Gasteiger partial charge in [0, 0.05) is 23.6 Å². The summed E-state index contributed by atoms with van der Waals surface area (Å²) in [5.74, 6) is 1.19. The number of carbonyl (C=O) groups excluding carboxylic acids is 1. The topological polar surface area (TPSA) is 104 Å². The van der Waals surface area contributed by atoms with Crippen molar-refractivity contribution in [3.8, 4) is 11.5 Å². The number of para-hydroxylation sites is 1. The molecule has 2 heterocycles. The van der Waals surface area contributed by atoms with E-state index in [1.54, 1.807) is 42.5 Å². The number of urea groups is 1. The summed E-state index contributed by atoms with van der Waals surface area (Å²) in [6.07, 6.45) is 0. The monoisotopic (exact) mass is 429 g/mol. The van der Waals surface area contributed by atoms with E-state index in [4.69, 9.17) is 21.1 Å². The maximum absolute atomic E-state index is 12.7. The third-order valence-electron chi connectivity index (χ3n) is 4.72. The lowest BCUT2D eigenvalue weighted by Gasteiger charge is -2.23.